The number of hydrogen-bond acceptors (Lipinski definition) is 6. The first kappa shape index (κ1) is 20.9. The molecule has 0 heterocycles. The summed E-state index contributed by atoms with van der Waals surface area (Å²) < 4.78 is 10.1. The summed E-state index contributed by atoms with van der Waals surface area (Å²) >= 11 is 0. The molecule has 148 valence electrons. The number of amides is 1. The molecular weight excluding hydrogens is 364 g/mol. The molecular formula is C20H22N2O6. The van der Waals surface area contributed by atoms with Gasteiger partial charge in [0.2, 0.25) is 0 Å². The van der Waals surface area contributed by atoms with Crippen molar-refractivity contribution >= 4 is 23.3 Å². The SMILES string of the molecule is COc1ccc(NC(=O)C(C)OC(=O)c2ccc(C(C)C)cc2)c([N+](=O)[O-])c1. The molecule has 0 saturated carbocycles. The first-order valence-electron chi connectivity index (χ1n) is 8.67. The fourth-order valence-electron chi connectivity index (χ4n) is 2.42. The van der Waals surface area contributed by atoms with Crippen LogP contribution in [0.2, 0.25) is 0 Å². The number of carbonyl (C=O) groups is 2. The predicted molar refractivity (Wildman–Crippen MR) is 104 cm³/mol. The third-order valence-corrected chi connectivity index (χ3v) is 4.13. The van der Waals surface area contributed by atoms with E-state index in [0.29, 0.717) is 11.5 Å². The van der Waals surface area contributed by atoms with Crippen LogP contribution in [-0.4, -0.2) is 30.0 Å². The van der Waals surface area contributed by atoms with E-state index in [1.165, 1.54) is 32.2 Å². The lowest BCUT2D eigenvalue weighted by Gasteiger charge is -2.14. The molecule has 2 rings (SSSR count). The number of benzene rings is 2. The number of carbonyl (C=O) groups excluding carboxylic acids is 2. The number of anilines is 1. The van der Waals surface area contributed by atoms with Gasteiger partial charge in [0.15, 0.2) is 6.10 Å². The van der Waals surface area contributed by atoms with E-state index in [-0.39, 0.29) is 17.1 Å². The Morgan fingerprint density at radius 1 is 1.07 bits per heavy atom. The predicted octanol–water partition coefficient (Wildman–Crippen LogP) is 3.91. The standard InChI is InChI=1S/C20H22N2O6/c1-12(2)14-5-7-15(8-6-14)20(24)28-13(3)19(23)21-17-10-9-16(27-4)11-18(17)22(25)26/h5-13H,1-4H3,(H,21,23). The molecule has 0 aromatic heterocycles. The maximum absolute atomic E-state index is 12.3. The average Bonchev–Trinajstić information content (AvgIpc) is 2.67. The van der Waals surface area contributed by atoms with Gasteiger partial charge in [-0.2, -0.15) is 0 Å². The second kappa shape index (κ2) is 8.98. The van der Waals surface area contributed by atoms with Crippen molar-refractivity contribution in [2.24, 2.45) is 0 Å². The number of ether oxygens (including phenoxy) is 2. The largest absolute Gasteiger partial charge is 0.496 e. The minimum Gasteiger partial charge on any atom is -0.496 e. The van der Waals surface area contributed by atoms with E-state index in [0.717, 1.165) is 5.56 Å². The van der Waals surface area contributed by atoms with E-state index in [9.17, 15) is 19.7 Å². The van der Waals surface area contributed by atoms with Crippen LogP contribution in [0.5, 0.6) is 5.75 Å². The van der Waals surface area contributed by atoms with Gasteiger partial charge in [-0.1, -0.05) is 26.0 Å². The molecule has 1 amide bonds. The Balaban J connectivity index is 2.06. The Morgan fingerprint density at radius 2 is 1.71 bits per heavy atom. The highest BCUT2D eigenvalue weighted by Gasteiger charge is 2.23. The van der Waals surface area contributed by atoms with Crippen LogP contribution in [0.4, 0.5) is 11.4 Å². The molecule has 1 N–H and O–H groups in total. The third-order valence-electron chi connectivity index (χ3n) is 4.13. The van der Waals surface area contributed by atoms with Crippen molar-refractivity contribution in [2.75, 3.05) is 12.4 Å². The van der Waals surface area contributed by atoms with Gasteiger partial charge in [-0.05, 0) is 42.7 Å². The van der Waals surface area contributed by atoms with Gasteiger partial charge >= 0.3 is 5.97 Å². The van der Waals surface area contributed by atoms with Gasteiger partial charge in [0.1, 0.15) is 11.4 Å². The summed E-state index contributed by atoms with van der Waals surface area (Å²) in [6, 6.07) is 11.0. The molecule has 28 heavy (non-hydrogen) atoms. The highest BCUT2D eigenvalue weighted by atomic mass is 16.6. The summed E-state index contributed by atoms with van der Waals surface area (Å²) in [6.07, 6.45) is -1.14. The molecule has 0 aliphatic carbocycles. The summed E-state index contributed by atoms with van der Waals surface area (Å²) in [4.78, 5) is 35.1. The van der Waals surface area contributed by atoms with Gasteiger partial charge in [0.25, 0.3) is 11.6 Å². The zero-order valence-electron chi connectivity index (χ0n) is 16.1. The van der Waals surface area contributed by atoms with E-state index in [4.69, 9.17) is 9.47 Å². The Morgan fingerprint density at radius 3 is 2.25 bits per heavy atom. The summed E-state index contributed by atoms with van der Waals surface area (Å²) in [6.45, 7) is 5.47. The molecule has 0 aliphatic rings. The number of hydrogen-bond donors (Lipinski definition) is 1. The quantitative estimate of drug-likeness (QED) is 0.439. The first-order chi connectivity index (χ1) is 13.2. The van der Waals surface area contributed by atoms with Gasteiger partial charge in [0, 0.05) is 0 Å². The molecule has 8 nitrogen and oxygen atoms in total. The van der Waals surface area contributed by atoms with Crippen LogP contribution in [0.25, 0.3) is 0 Å². The maximum atomic E-state index is 12.3. The van der Waals surface area contributed by atoms with Gasteiger partial charge in [0.05, 0.1) is 23.7 Å². The number of esters is 1. The molecule has 2 aromatic carbocycles. The van der Waals surface area contributed by atoms with Crippen LogP contribution >= 0.6 is 0 Å². The van der Waals surface area contributed by atoms with E-state index >= 15 is 0 Å². The minimum absolute atomic E-state index is 0.0139. The fraction of sp³-hybridized carbons (Fsp3) is 0.300. The molecule has 1 unspecified atom stereocenters. The smallest absolute Gasteiger partial charge is 0.338 e. The van der Waals surface area contributed by atoms with Crippen LogP contribution in [0, 0.1) is 10.1 Å². The van der Waals surface area contributed by atoms with Crippen molar-refractivity contribution in [3.8, 4) is 5.75 Å². The highest BCUT2D eigenvalue weighted by molar-refractivity contribution is 5.98. The first-order valence-corrected chi connectivity index (χ1v) is 8.67. The molecule has 0 saturated heterocycles. The molecule has 0 aliphatic heterocycles. The molecule has 0 fully saturated rings. The van der Waals surface area contributed by atoms with E-state index in [1.54, 1.807) is 12.1 Å². The number of nitro groups is 1. The minimum atomic E-state index is -1.14. The molecule has 0 spiro atoms. The zero-order valence-corrected chi connectivity index (χ0v) is 16.1. The van der Waals surface area contributed by atoms with Crippen LogP contribution in [-0.2, 0) is 9.53 Å². The second-order valence-corrected chi connectivity index (χ2v) is 6.45. The highest BCUT2D eigenvalue weighted by Crippen LogP contribution is 2.29. The van der Waals surface area contributed by atoms with Crippen molar-refractivity contribution in [3.05, 3.63) is 63.7 Å². The number of nitro benzene ring substituents is 1. The van der Waals surface area contributed by atoms with Crippen molar-refractivity contribution in [1.82, 2.24) is 0 Å². The summed E-state index contributed by atoms with van der Waals surface area (Å²) in [5.74, 6) is -0.716. The normalized spacial score (nSPS) is 11.6. The Hall–Kier alpha value is -3.42. The summed E-state index contributed by atoms with van der Waals surface area (Å²) in [5.41, 5.74) is 1.06. The van der Waals surface area contributed by atoms with Gasteiger partial charge < -0.3 is 14.8 Å². The fourth-order valence-corrected chi connectivity index (χ4v) is 2.42. The van der Waals surface area contributed by atoms with Crippen molar-refractivity contribution < 1.29 is 24.0 Å². The molecule has 0 radical (unpaired) electrons. The number of rotatable bonds is 7. The Bertz CT molecular complexity index is 877. The van der Waals surface area contributed by atoms with E-state index in [1.807, 2.05) is 26.0 Å². The van der Waals surface area contributed by atoms with Crippen LogP contribution in [0.3, 0.4) is 0 Å². The van der Waals surface area contributed by atoms with Crippen molar-refractivity contribution in [2.45, 2.75) is 32.8 Å². The summed E-state index contributed by atoms with van der Waals surface area (Å²) in [7, 11) is 1.38. The van der Waals surface area contributed by atoms with Gasteiger partial charge in [-0.15, -0.1) is 0 Å². The topological polar surface area (TPSA) is 108 Å². The number of nitrogens with one attached hydrogen (secondary N) is 1. The van der Waals surface area contributed by atoms with Crippen molar-refractivity contribution in [1.29, 1.82) is 0 Å². The average molecular weight is 386 g/mol. The number of methoxy groups -OCH3 is 1. The summed E-state index contributed by atoms with van der Waals surface area (Å²) in [5, 5.41) is 13.6. The monoisotopic (exact) mass is 386 g/mol. The lowest BCUT2D eigenvalue weighted by atomic mass is 10.0. The maximum Gasteiger partial charge on any atom is 0.338 e. The van der Waals surface area contributed by atoms with Crippen LogP contribution in [0.1, 0.15) is 42.6 Å². The van der Waals surface area contributed by atoms with E-state index < -0.39 is 22.9 Å². The van der Waals surface area contributed by atoms with Crippen LogP contribution in [0.15, 0.2) is 42.5 Å². The number of nitrogens with zero attached hydrogens (tertiary/aromatic N) is 1. The zero-order chi connectivity index (χ0) is 20.8. The van der Waals surface area contributed by atoms with Crippen LogP contribution < -0.4 is 10.1 Å². The third kappa shape index (κ3) is 5.06. The van der Waals surface area contributed by atoms with E-state index in [2.05, 4.69) is 5.32 Å². The lowest BCUT2D eigenvalue weighted by molar-refractivity contribution is -0.384. The lowest BCUT2D eigenvalue weighted by Crippen LogP contribution is -2.30. The Kier molecular flexibility index (Phi) is 6.70. The molecule has 1 atom stereocenters. The molecule has 2 aromatic rings. The van der Waals surface area contributed by atoms with Gasteiger partial charge in [-0.3, -0.25) is 14.9 Å². The Labute approximate surface area is 162 Å². The second-order valence-electron chi connectivity index (χ2n) is 6.45. The van der Waals surface area contributed by atoms with Crippen molar-refractivity contribution in [3.63, 3.8) is 0 Å². The molecule has 8 heteroatoms. The van der Waals surface area contributed by atoms with Gasteiger partial charge in [-0.25, -0.2) is 4.79 Å². The molecule has 0 bridgehead atoms.